The number of hydrogen-bond acceptors (Lipinski definition) is 4. The van der Waals surface area contributed by atoms with E-state index in [9.17, 15) is 9.59 Å². The van der Waals surface area contributed by atoms with E-state index >= 15 is 0 Å². The van der Waals surface area contributed by atoms with Gasteiger partial charge in [-0.1, -0.05) is 29.8 Å². The number of piperidine rings is 1. The van der Waals surface area contributed by atoms with Gasteiger partial charge in [-0.15, -0.1) is 12.4 Å². The third kappa shape index (κ3) is 7.04. The number of amides is 1. The molecule has 1 saturated heterocycles. The summed E-state index contributed by atoms with van der Waals surface area (Å²) in [4.78, 5) is 24.1. The summed E-state index contributed by atoms with van der Waals surface area (Å²) in [6.07, 6.45) is 3.72. The molecule has 0 aromatic heterocycles. The van der Waals surface area contributed by atoms with Gasteiger partial charge in [0.05, 0.1) is 13.0 Å². The Labute approximate surface area is 156 Å². The summed E-state index contributed by atoms with van der Waals surface area (Å²) in [6.45, 7) is 4.37. The molecule has 1 aliphatic heterocycles. The highest BCUT2D eigenvalue weighted by Gasteiger charge is 2.22. The molecular weight excluding hydrogens is 340 g/mol. The molecule has 1 heterocycles. The lowest BCUT2D eigenvalue weighted by Gasteiger charge is -2.22. The van der Waals surface area contributed by atoms with Gasteiger partial charge in [-0.2, -0.15) is 0 Å². The van der Waals surface area contributed by atoms with Crippen molar-refractivity contribution < 1.29 is 14.3 Å². The van der Waals surface area contributed by atoms with Crippen molar-refractivity contribution in [3.05, 3.63) is 35.4 Å². The van der Waals surface area contributed by atoms with Crippen molar-refractivity contribution in [1.82, 2.24) is 10.6 Å². The molecule has 1 fully saturated rings. The molecule has 0 saturated carbocycles. The summed E-state index contributed by atoms with van der Waals surface area (Å²) in [5.74, 6) is -0.143. The number of halogens is 1. The minimum absolute atomic E-state index is 0. The highest BCUT2D eigenvalue weighted by Crippen LogP contribution is 2.19. The fraction of sp³-hybridized carbons (Fsp3) is 0.579. The molecule has 5 nitrogen and oxygen atoms in total. The maximum Gasteiger partial charge on any atom is 0.314 e. The summed E-state index contributed by atoms with van der Waals surface area (Å²) in [6, 6.07) is 7.75. The van der Waals surface area contributed by atoms with Crippen LogP contribution in [-0.4, -0.2) is 38.6 Å². The van der Waals surface area contributed by atoms with E-state index in [4.69, 9.17) is 4.74 Å². The third-order valence-electron chi connectivity index (χ3n) is 4.71. The van der Waals surface area contributed by atoms with E-state index < -0.39 is 5.92 Å². The topological polar surface area (TPSA) is 67.4 Å². The molecule has 1 aromatic carbocycles. The minimum Gasteiger partial charge on any atom is -0.468 e. The molecule has 0 radical (unpaired) electrons. The Hall–Kier alpha value is -1.59. The van der Waals surface area contributed by atoms with Crippen LogP contribution >= 0.6 is 12.4 Å². The summed E-state index contributed by atoms with van der Waals surface area (Å²) in [5, 5.41) is 6.23. The minimum atomic E-state index is -0.460. The molecular formula is C19H29ClN2O3. The zero-order chi connectivity index (χ0) is 17.4. The second-order valence-electron chi connectivity index (χ2n) is 6.52. The predicted octanol–water partition coefficient (Wildman–Crippen LogP) is 2.57. The van der Waals surface area contributed by atoms with E-state index in [0.717, 1.165) is 43.5 Å². The molecule has 0 aliphatic carbocycles. The molecule has 6 heteroatoms. The van der Waals surface area contributed by atoms with Crippen molar-refractivity contribution in [2.75, 3.05) is 26.7 Å². The standard InChI is InChI=1S/C19H28N2O3.ClH/c1-14-3-6-16(7-4-14)17(19(23)24-2)13-21-18(22)8-5-15-9-11-20-12-10-15;/h3-4,6-7,15,17,20H,5,8-13H2,1-2H3,(H,21,22);1H. The zero-order valence-corrected chi connectivity index (χ0v) is 15.9. The van der Waals surface area contributed by atoms with Crippen LogP contribution in [0, 0.1) is 12.8 Å². The highest BCUT2D eigenvalue weighted by atomic mass is 35.5. The van der Waals surface area contributed by atoms with Crippen molar-refractivity contribution in [2.24, 2.45) is 5.92 Å². The number of carbonyl (C=O) groups excluding carboxylic acids is 2. The SMILES string of the molecule is COC(=O)C(CNC(=O)CCC1CCNCC1)c1ccc(C)cc1.Cl. The first-order chi connectivity index (χ1) is 11.6. The molecule has 1 amide bonds. The summed E-state index contributed by atoms with van der Waals surface area (Å²) in [7, 11) is 1.38. The van der Waals surface area contributed by atoms with Crippen LogP contribution in [0.25, 0.3) is 0 Å². The van der Waals surface area contributed by atoms with Crippen LogP contribution < -0.4 is 10.6 Å². The maximum absolute atomic E-state index is 12.1. The predicted molar refractivity (Wildman–Crippen MR) is 101 cm³/mol. The van der Waals surface area contributed by atoms with Gasteiger partial charge in [-0.3, -0.25) is 9.59 Å². The van der Waals surface area contributed by atoms with Gasteiger partial charge in [-0.25, -0.2) is 0 Å². The Morgan fingerprint density at radius 1 is 1.24 bits per heavy atom. The summed E-state index contributed by atoms with van der Waals surface area (Å²) in [5.41, 5.74) is 2.00. The van der Waals surface area contributed by atoms with Gasteiger partial charge in [0.25, 0.3) is 0 Å². The second-order valence-corrected chi connectivity index (χ2v) is 6.52. The van der Waals surface area contributed by atoms with Crippen molar-refractivity contribution in [2.45, 2.75) is 38.5 Å². The zero-order valence-electron chi connectivity index (χ0n) is 15.0. The highest BCUT2D eigenvalue weighted by molar-refractivity contribution is 5.85. The number of hydrogen-bond donors (Lipinski definition) is 2. The van der Waals surface area contributed by atoms with Gasteiger partial charge >= 0.3 is 5.97 Å². The number of nitrogens with one attached hydrogen (secondary N) is 2. The number of aryl methyl sites for hydroxylation is 1. The first-order valence-electron chi connectivity index (χ1n) is 8.72. The summed E-state index contributed by atoms with van der Waals surface area (Å²) < 4.78 is 4.89. The van der Waals surface area contributed by atoms with Crippen LogP contribution in [0.1, 0.15) is 42.7 Å². The van der Waals surface area contributed by atoms with E-state index in [2.05, 4.69) is 10.6 Å². The number of ether oxygens (including phenoxy) is 1. The Morgan fingerprint density at radius 3 is 2.48 bits per heavy atom. The van der Waals surface area contributed by atoms with Gasteiger partial charge in [0.15, 0.2) is 0 Å². The van der Waals surface area contributed by atoms with E-state index in [-0.39, 0.29) is 30.8 Å². The third-order valence-corrected chi connectivity index (χ3v) is 4.71. The van der Waals surface area contributed by atoms with Gasteiger partial charge in [0.2, 0.25) is 5.91 Å². The fourth-order valence-corrected chi connectivity index (χ4v) is 3.09. The average Bonchev–Trinajstić information content (AvgIpc) is 2.62. The Bertz CT molecular complexity index is 542. The normalized spacial score (nSPS) is 15.8. The van der Waals surface area contributed by atoms with Crippen molar-refractivity contribution >= 4 is 24.3 Å². The van der Waals surface area contributed by atoms with Gasteiger partial charge in [-0.05, 0) is 50.8 Å². The van der Waals surface area contributed by atoms with Gasteiger partial charge < -0.3 is 15.4 Å². The molecule has 2 rings (SSSR count). The molecule has 1 aromatic rings. The maximum atomic E-state index is 12.1. The second kappa shape index (κ2) is 11.1. The fourth-order valence-electron chi connectivity index (χ4n) is 3.09. The molecule has 2 N–H and O–H groups in total. The lowest BCUT2D eigenvalue weighted by Crippen LogP contribution is -2.33. The van der Waals surface area contributed by atoms with Crippen molar-refractivity contribution in [3.8, 4) is 0 Å². The first-order valence-corrected chi connectivity index (χ1v) is 8.72. The molecule has 0 spiro atoms. The van der Waals surface area contributed by atoms with Crippen LogP contribution in [0.5, 0.6) is 0 Å². The first kappa shape index (κ1) is 21.5. The summed E-state index contributed by atoms with van der Waals surface area (Å²) >= 11 is 0. The van der Waals surface area contributed by atoms with Gasteiger partial charge in [0.1, 0.15) is 0 Å². The van der Waals surface area contributed by atoms with Crippen LogP contribution in [0.4, 0.5) is 0 Å². The monoisotopic (exact) mass is 368 g/mol. The molecule has 1 atom stereocenters. The molecule has 0 bridgehead atoms. The molecule has 1 unspecified atom stereocenters. The Morgan fingerprint density at radius 2 is 1.88 bits per heavy atom. The van der Waals surface area contributed by atoms with Crippen molar-refractivity contribution in [1.29, 1.82) is 0 Å². The van der Waals surface area contributed by atoms with Crippen LogP contribution in [0.2, 0.25) is 0 Å². The Kier molecular flexibility index (Phi) is 9.53. The quantitative estimate of drug-likeness (QED) is 0.726. The number of esters is 1. The van der Waals surface area contributed by atoms with Crippen LogP contribution in [0.15, 0.2) is 24.3 Å². The number of rotatable bonds is 7. The number of carbonyl (C=O) groups is 2. The van der Waals surface area contributed by atoms with E-state index in [1.807, 2.05) is 31.2 Å². The average molecular weight is 369 g/mol. The largest absolute Gasteiger partial charge is 0.468 e. The molecule has 140 valence electrons. The van der Waals surface area contributed by atoms with E-state index in [1.54, 1.807) is 0 Å². The van der Waals surface area contributed by atoms with Crippen LogP contribution in [0.3, 0.4) is 0 Å². The van der Waals surface area contributed by atoms with Crippen LogP contribution in [-0.2, 0) is 14.3 Å². The number of methoxy groups -OCH3 is 1. The van der Waals surface area contributed by atoms with E-state index in [0.29, 0.717) is 12.3 Å². The Balaban J connectivity index is 0.00000312. The molecule has 25 heavy (non-hydrogen) atoms. The molecule has 1 aliphatic rings. The van der Waals surface area contributed by atoms with E-state index in [1.165, 1.54) is 7.11 Å². The smallest absolute Gasteiger partial charge is 0.314 e. The van der Waals surface area contributed by atoms with Gasteiger partial charge in [0, 0.05) is 13.0 Å². The lowest BCUT2D eigenvalue weighted by atomic mass is 9.93. The van der Waals surface area contributed by atoms with Crippen molar-refractivity contribution in [3.63, 3.8) is 0 Å². The number of benzene rings is 1. The lowest BCUT2D eigenvalue weighted by molar-refractivity contribution is -0.142.